The van der Waals surface area contributed by atoms with Crippen molar-refractivity contribution < 1.29 is 9.59 Å². The van der Waals surface area contributed by atoms with Gasteiger partial charge in [-0.3, -0.25) is 14.6 Å². The van der Waals surface area contributed by atoms with Crippen LogP contribution in [-0.4, -0.2) is 37.8 Å². The van der Waals surface area contributed by atoms with Crippen molar-refractivity contribution in [2.24, 2.45) is 5.92 Å². The Morgan fingerprint density at radius 1 is 1.32 bits per heavy atom. The lowest BCUT2D eigenvalue weighted by Gasteiger charge is -2.45. The molecule has 1 aliphatic heterocycles. The Hall–Kier alpha value is -2.67. The van der Waals surface area contributed by atoms with Gasteiger partial charge in [-0.05, 0) is 54.8 Å². The summed E-state index contributed by atoms with van der Waals surface area (Å²) in [5.41, 5.74) is 1.62. The Bertz CT molecular complexity index is 1120. The summed E-state index contributed by atoms with van der Waals surface area (Å²) in [4.78, 5) is 33.4. The number of carbonyl (C=O) groups is 2. The molecule has 0 radical (unpaired) electrons. The van der Waals surface area contributed by atoms with E-state index in [0.717, 1.165) is 35.0 Å². The maximum atomic E-state index is 13.8. The summed E-state index contributed by atoms with van der Waals surface area (Å²) in [6, 6.07) is 7.98. The van der Waals surface area contributed by atoms with Crippen LogP contribution in [0.4, 0.5) is 0 Å². The number of pyridine rings is 1. The average Bonchev–Trinajstić information content (AvgIpc) is 3.36. The van der Waals surface area contributed by atoms with Crippen molar-refractivity contribution in [3.05, 3.63) is 53.3 Å². The van der Waals surface area contributed by atoms with Gasteiger partial charge in [-0.25, -0.2) is 0 Å². The van der Waals surface area contributed by atoms with Gasteiger partial charge >= 0.3 is 0 Å². The number of rotatable bonds is 4. The molecule has 2 aliphatic rings. The van der Waals surface area contributed by atoms with Gasteiger partial charge in [0.25, 0.3) is 5.91 Å². The minimum atomic E-state index is -0.981. The van der Waals surface area contributed by atoms with Crippen molar-refractivity contribution in [3.63, 3.8) is 0 Å². The van der Waals surface area contributed by atoms with Gasteiger partial charge in [-0.1, -0.05) is 25.8 Å². The van der Waals surface area contributed by atoms with Crippen LogP contribution < -0.4 is 5.32 Å². The number of nitrogens with one attached hydrogen (secondary N) is 1. The first-order chi connectivity index (χ1) is 15.0. The van der Waals surface area contributed by atoms with Crippen LogP contribution in [0.1, 0.15) is 55.6 Å². The number of hydrogen-bond donors (Lipinski definition) is 1. The molecular formula is C24H28N4O2S. The molecule has 0 unspecified atom stereocenters. The molecule has 1 saturated carbocycles. The van der Waals surface area contributed by atoms with Crippen LogP contribution >= 0.6 is 11.3 Å². The number of carbonyl (C=O) groups excluding carboxylic acids is 2. The summed E-state index contributed by atoms with van der Waals surface area (Å²) < 4.78 is 3.10. The van der Waals surface area contributed by atoms with Crippen LogP contribution in [0.15, 0.2) is 42.0 Å². The zero-order valence-corrected chi connectivity index (χ0v) is 18.8. The lowest BCUT2D eigenvalue weighted by molar-refractivity contribution is -0.134. The highest BCUT2D eigenvalue weighted by Crippen LogP contribution is 2.35. The van der Waals surface area contributed by atoms with Gasteiger partial charge in [-0.2, -0.15) is 0 Å². The van der Waals surface area contributed by atoms with Crippen molar-refractivity contribution in [1.29, 1.82) is 0 Å². The molecule has 1 N–H and O–H groups in total. The summed E-state index contributed by atoms with van der Waals surface area (Å²) in [6.45, 7) is 4.92. The van der Waals surface area contributed by atoms with Gasteiger partial charge in [0.2, 0.25) is 5.91 Å². The molecule has 3 aromatic rings. The van der Waals surface area contributed by atoms with Crippen molar-refractivity contribution in [2.45, 2.75) is 64.2 Å². The number of amides is 2. The fraction of sp³-hybridized carbons (Fsp3) is 0.458. The molecule has 1 fully saturated rings. The van der Waals surface area contributed by atoms with E-state index in [1.165, 1.54) is 6.42 Å². The summed E-state index contributed by atoms with van der Waals surface area (Å²) in [7, 11) is 0. The molecule has 0 aromatic carbocycles. The lowest BCUT2D eigenvalue weighted by Crippen LogP contribution is -2.65. The minimum absolute atomic E-state index is 0.0637. The SMILES string of the molecule is C[C@@H]1CCCC[C@@H]1NC(=O)[C@]1(C)Cn2c(cc3sccc32)C(=O)N1Cc1cccnc1. The number of aromatic nitrogens is 2. The van der Waals surface area contributed by atoms with Crippen LogP contribution in [0, 0.1) is 5.92 Å². The van der Waals surface area contributed by atoms with E-state index in [1.54, 1.807) is 28.6 Å². The van der Waals surface area contributed by atoms with E-state index in [9.17, 15) is 9.59 Å². The van der Waals surface area contributed by atoms with Crippen molar-refractivity contribution in [2.75, 3.05) is 0 Å². The first-order valence-electron chi connectivity index (χ1n) is 11.1. The van der Waals surface area contributed by atoms with Gasteiger partial charge in [0.05, 0.1) is 16.8 Å². The molecule has 3 atom stereocenters. The second kappa shape index (κ2) is 7.79. The predicted molar refractivity (Wildman–Crippen MR) is 122 cm³/mol. The highest BCUT2D eigenvalue weighted by atomic mass is 32.1. The van der Waals surface area contributed by atoms with Crippen LogP contribution in [0.2, 0.25) is 0 Å². The monoisotopic (exact) mass is 436 g/mol. The first-order valence-corrected chi connectivity index (χ1v) is 11.9. The van der Waals surface area contributed by atoms with E-state index < -0.39 is 5.54 Å². The second-order valence-electron chi connectivity index (χ2n) is 9.15. The Morgan fingerprint density at radius 3 is 2.94 bits per heavy atom. The van der Waals surface area contributed by atoms with Gasteiger partial charge in [-0.15, -0.1) is 11.3 Å². The third kappa shape index (κ3) is 3.45. The van der Waals surface area contributed by atoms with Crippen molar-refractivity contribution >= 4 is 33.4 Å². The van der Waals surface area contributed by atoms with Crippen molar-refractivity contribution in [3.8, 4) is 0 Å². The Balaban J connectivity index is 1.53. The molecule has 162 valence electrons. The molecule has 0 saturated heterocycles. The number of hydrogen-bond acceptors (Lipinski definition) is 4. The van der Waals surface area contributed by atoms with E-state index >= 15 is 0 Å². The van der Waals surface area contributed by atoms with Crippen molar-refractivity contribution in [1.82, 2.24) is 19.8 Å². The quantitative estimate of drug-likeness (QED) is 0.666. The van der Waals surface area contributed by atoms with Gasteiger partial charge < -0.3 is 14.8 Å². The molecular weight excluding hydrogens is 408 g/mol. The molecule has 3 aromatic heterocycles. The smallest absolute Gasteiger partial charge is 0.271 e. The number of thiophene rings is 1. The Kier molecular flexibility index (Phi) is 5.08. The third-order valence-corrected chi connectivity index (χ3v) is 7.88. The van der Waals surface area contributed by atoms with E-state index in [-0.39, 0.29) is 17.9 Å². The Morgan fingerprint density at radius 2 is 2.16 bits per heavy atom. The highest BCUT2D eigenvalue weighted by Gasteiger charge is 2.48. The van der Waals surface area contributed by atoms with Gasteiger partial charge in [0.1, 0.15) is 11.2 Å². The van der Waals surface area contributed by atoms with Crippen LogP contribution in [0.25, 0.3) is 10.2 Å². The molecule has 6 nitrogen and oxygen atoms in total. The Labute approximate surface area is 186 Å². The fourth-order valence-corrected chi connectivity index (χ4v) is 5.87. The second-order valence-corrected chi connectivity index (χ2v) is 10.1. The maximum absolute atomic E-state index is 13.8. The zero-order chi connectivity index (χ0) is 21.6. The molecule has 31 heavy (non-hydrogen) atoms. The fourth-order valence-electron chi connectivity index (χ4n) is 5.05. The van der Waals surface area contributed by atoms with E-state index in [4.69, 9.17) is 0 Å². The number of fused-ring (bicyclic) bond motifs is 3. The van der Waals surface area contributed by atoms with E-state index in [1.807, 2.05) is 41.1 Å². The molecule has 2 amide bonds. The van der Waals surface area contributed by atoms with Crippen LogP contribution in [0.5, 0.6) is 0 Å². The summed E-state index contributed by atoms with van der Waals surface area (Å²) in [5.74, 6) is 0.289. The van der Waals surface area contributed by atoms with Gasteiger partial charge in [0, 0.05) is 25.0 Å². The molecule has 7 heteroatoms. The minimum Gasteiger partial charge on any atom is -0.351 e. The molecule has 0 bridgehead atoms. The maximum Gasteiger partial charge on any atom is 0.271 e. The zero-order valence-electron chi connectivity index (χ0n) is 18.0. The molecule has 0 spiro atoms. The lowest BCUT2D eigenvalue weighted by atomic mass is 9.85. The third-order valence-electron chi connectivity index (χ3n) is 7.03. The van der Waals surface area contributed by atoms with E-state index in [0.29, 0.717) is 24.7 Å². The summed E-state index contributed by atoms with van der Waals surface area (Å²) in [5, 5.41) is 5.35. The predicted octanol–water partition coefficient (Wildman–Crippen LogP) is 4.21. The van der Waals surface area contributed by atoms with Crippen LogP contribution in [0.3, 0.4) is 0 Å². The molecule has 4 heterocycles. The normalized spacial score (nSPS) is 26.1. The molecule has 5 rings (SSSR count). The summed E-state index contributed by atoms with van der Waals surface area (Å²) in [6.07, 6.45) is 7.99. The first kappa shape index (κ1) is 20.2. The highest BCUT2D eigenvalue weighted by molar-refractivity contribution is 7.17. The number of nitrogens with zero attached hydrogens (tertiary/aromatic N) is 3. The largest absolute Gasteiger partial charge is 0.351 e. The van der Waals surface area contributed by atoms with E-state index in [2.05, 4.69) is 17.2 Å². The topological polar surface area (TPSA) is 67.2 Å². The standard InChI is InChI=1S/C24H28N4O2S/c1-16-6-3-4-8-18(16)26-23(30)24(2)15-27-19-9-11-31-21(19)12-20(27)22(29)28(24)14-17-7-5-10-25-13-17/h5,7,9-13,16,18H,3-4,6,8,14-15H2,1-2H3,(H,26,30)/t16-,18+,24+/m1/s1. The summed E-state index contributed by atoms with van der Waals surface area (Å²) >= 11 is 1.62. The molecule has 1 aliphatic carbocycles. The van der Waals surface area contributed by atoms with Crippen LogP contribution in [-0.2, 0) is 17.9 Å². The van der Waals surface area contributed by atoms with Gasteiger partial charge in [0.15, 0.2) is 0 Å². The average molecular weight is 437 g/mol.